The quantitative estimate of drug-likeness (QED) is 0.834. The van der Waals surface area contributed by atoms with E-state index in [0.717, 1.165) is 10.1 Å². The fourth-order valence-electron chi connectivity index (χ4n) is 2.41. The highest BCUT2D eigenvalue weighted by molar-refractivity contribution is 7.21. The number of nitrogen functional groups attached to an aromatic ring is 1. The molecule has 20 heavy (non-hydrogen) atoms. The number of fused-ring (bicyclic) bond motifs is 1. The van der Waals surface area contributed by atoms with Gasteiger partial charge in [0.2, 0.25) is 5.91 Å². The summed E-state index contributed by atoms with van der Waals surface area (Å²) in [6.45, 7) is 2.73. The van der Waals surface area contributed by atoms with Gasteiger partial charge in [-0.05, 0) is 13.0 Å². The molecule has 1 aliphatic heterocycles. The summed E-state index contributed by atoms with van der Waals surface area (Å²) >= 11 is 1.38. The van der Waals surface area contributed by atoms with Gasteiger partial charge in [-0.15, -0.1) is 11.3 Å². The van der Waals surface area contributed by atoms with Crippen molar-refractivity contribution in [1.29, 1.82) is 0 Å². The normalized spacial score (nSPS) is 19.1. The summed E-state index contributed by atoms with van der Waals surface area (Å²) in [6.07, 6.45) is 0. The van der Waals surface area contributed by atoms with Crippen LogP contribution in [0.2, 0.25) is 0 Å². The van der Waals surface area contributed by atoms with E-state index in [-0.39, 0.29) is 11.8 Å². The third-order valence-electron chi connectivity index (χ3n) is 3.59. The summed E-state index contributed by atoms with van der Waals surface area (Å²) in [5.74, 6) is -0.282. The summed E-state index contributed by atoms with van der Waals surface area (Å²) in [5, 5.41) is 3.65. The lowest BCUT2D eigenvalue weighted by atomic mass is 10.1. The Hall–Kier alpha value is -2.08. The number of benzene rings is 1. The lowest BCUT2D eigenvalue weighted by Crippen LogP contribution is -2.55. The van der Waals surface area contributed by atoms with Crippen LogP contribution in [0.25, 0.3) is 10.1 Å². The van der Waals surface area contributed by atoms with Crippen molar-refractivity contribution in [2.45, 2.75) is 13.0 Å². The van der Waals surface area contributed by atoms with Crippen LogP contribution >= 0.6 is 11.3 Å². The van der Waals surface area contributed by atoms with E-state index >= 15 is 0 Å². The number of carbonyl (C=O) groups is 2. The van der Waals surface area contributed by atoms with Crippen LogP contribution in [0.3, 0.4) is 0 Å². The summed E-state index contributed by atoms with van der Waals surface area (Å²) in [5.41, 5.74) is 6.60. The lowest BCUT2D eigenvalue weighted by molar-refractivity contribution is -0.127. The number of hydrogen-bond acceptors (Lipinski definition) is 4. The number of nitrogens with two attached hydrogens (primary N) is 1. The molecule has 6 heteroatoms. The largest absolute Gasteiger partial charge is 0.397 e. The molecule has 1 saturated heterocycles. The van der Waals surface area contributed by atoms with Gasteiger partial charge < -0.3 is 16.0 Å². The summed E-state index contributed by atoms with van der Waals surface area (Å²) < 4.78 is 0.988. The standard InChI is InChI=1S/C14H15N3O2S/c1-8-13(18)16-6-7-17(8)14(19)12-11(15)9-4-2-3-5-10(9)20-12/h2-5,8H,6-7,15H2,1H3,(H,16,18). The minimum absolute atomic E-state index is 0.121. The second-order valence-electron chi connectivity index (χ2n) is 4.81. The molecule has 104 valence electrons. The third-order valence-corrected chi connectivity index (χ3v) is 4.76. The van der Waals surface area contributed by atoms with Crippen LogP contribution in [0.15, 0.2) is 24.3 Å². The molecule has 1 atom stereocenters. The van der Waals surface area contributed by atoms with E-state index in [1.807, 2.05) is 24.3 Å². The summed E-state index contributed by atoms with van der Waals surface area (Å²) in [7, 11) is 0. The number of carbonyl (C=O) groups excluding carboxylic acids is 2. The number of nitrogens with one attached hydrogen (secondary N) is 1. The van der Waals surface area contributed by atoms with Crippen molar-refractivity contribution in [3.05, 3.63) is 29.1 Å². The van der Waals surface area contributed by atoms with E-state index in [1.165, 1.54) is 11.3 Å². The van der Waals surface area contributed by atoms with Crippen molar-refractivity contribution < 1.29 is 9.59 Å². The Balaban J connectivity index is 2.00. The smallest absolute Gasteiger partial charge is 0.266 e. The van der Waals surface area contributed by atoms with Gasteiger partial charge in [0.1, 0.15) is 10.9 Å². The van der Waals surface area contributed by atoms with Gasteiger partial charge in [-0.25, -0.2) is 0 Å². The zero-order chi connectivity index (χ0) is 14.3. The van der Waals surface area contributed by atoms with E-state index in [9.17, 15) is 9.59 Å². The molecule has 0 aliphatic carbocycles. The fourth-order valence-corrected chi connectivity index (χ4v) is 3.49. The molecule has 1 aromatic heterocycles. The number of nitrogens with zero attached hydrogens (tertiary/aromatic N) is 1. The van der Waals surface area contributed by atoms with Crippen LogP contribution in [-0.4, -0.2) is 35.8 Å². The third kappa shape index (κ3) is 1.92. The number of piperazine rings is 1. The Morgan fingerprint density at radius 1 is 1.45 bits per heavy atom. The minimum Gasteiger partial charge on any atom is -0.397 e. The molecule has 1 aliphatic rings. The number of rotatable bonds is 1. The Kier molecular flexibility index (Phi) is 3.10. The highest BCUT2D eigenvalue weighted by Gasteiger charge is 2.31. The maximum atomic E-state index is 12.6. The first kappa shape index (κ1) is 12.9. The van der Waals surface area contributed by atoms with Crippen LogP contribution in [0.1, 0.15) is 16.6 Å². The zero-order valence-electron chi connectivity index (χ0n) is 11.1. The highest BCUT2D eigenvalue weighted by atomic mass is 32.1. The van der Waals surface area contributed by atoms with E-state index in [2.05, 4.69) is 5.32 Å². The first-order chi connectivity index (χ1) is 9.59. The Morgan fingerprint density at radius 2 is 2.20 bits per heavy atom. The van der Waals surface area contributed by atoms with Crippen molar-refractivity contribution in [2.75, 3.05) is 18.8 Å². The van der Waals surface area contributed by atoms with E-state index < -0.39 is 6.04 Å². The molecule has 1 unspecified atom stereocenters. The van der Waals surface area contributed by atoms with Crippen LogP contribution < -0.4 is 11.1 Å². The molecule has 0 radical (unpaired) electrons. The van der Waals surface area contributed by atoms with Crippen LogP contribution in [0.5, 0.6) is 0 Å². The first-order valence-electron chi connectivity index (χ1n) is 6.45. The van der Waals surface area contributed by atoms with E-state index in [4.69, 9.17) is 5.73 Å². The van der Waals surface area contributed by atoms with Gasteiger partial charge in [0, 0.05) is 23.2 Å². The van der Waals surface area contributed by atoms with Gasteiger partial charge >= 0.3 is 0 Å². The topological polar surface area (TPSA) is 75.4 Å². The van der Waals surface area contributed by atoms with Gasteiger partial charge in [0.25, 0.3) is 5.91 Å². The Bertz CT molecular complexity index is 695. The molecule has 3 N–H and O–H groups in total. The molecule has 2 aromatic rings. The number of amides is 2. The van der Waals surface area contributed by atoms with Crippen molar-refractivity contribution in [3.63, 3.8) is 0 Å². The molecular formula is C14H15N3O2S. The minimum atomic E-state index is -0.458. The van der Waals surface area contributed by atoms with Gasteiger partial charge in [0.15, 0.2) is 0 Å². The SMILES string of the molecule is CC1C(=O)NCCN1C(=O)c1sc2ccccc2c1N. The lowest BCUT2D eigenvalue weighted by Gasteiger charge is -2.32. The van der Waals surface area contributed by atoms with Crippen molar-refractivity contribution in [2.24, 2.45) is 0 Å². The van der Waals surface area contributed by atoms with Gasteiger partial charge in [-0.2, -0.15) is 0 Å². The van der Waals surface area contributed by atoms with E-state index in [0.29, 0.717) is 23.7 Å². The molecule has 1 aromatic carbocycles. The number of hydrogen-bond donors (Lipinski definition) is 2. The maximum Gasteiger partial charge on any atom is 0.266 e. The summed E-state index contributed by atoms with van der Waals surface area (Å²) in [4.78, 5) is 26.4. The highest BCUT2D eigenvalue weighted by Crippen LogP contribution is 2.34. The fraction of sp³-hybridized carbons (Fsp3) is 0.286. The van der Waals surface area contributed by atoms with Gasteiger partial charge in [0.05, 0.1) is 5.69 Å². The number of anilines is 1. The number of thiophene rings is 1. The van der Waals surface area contributed by atoms with Crippen molar-refractivity contribution in [3.8, 4) is 0 Å². The van der Waals surface area contributed by atoms with E-state index in [1.54, 1.807) is 11.8 Å². The first-order valence-corrected chi connectivity index (χ1v) is 7.27. The monoisotopic (exact) mass is 289 g/mol. The molecule has 0 saturated carbocycles. The maximum absolute atomic E-state index is 12.6. The molecule has 5 nitrogen and oxygen atoms in total. The second kappa shape index (κ2) is 4.79. The summed E-state index contributed by atoms with van der Waals surface area (Å²) in [6, 6.07) is 7.21. The molecule has 0 spiro atoms. The zero-order valence-corrected chi connectivity index (χ0v) is 11.9. The Morgan fingerprint density at radius 3 is 2.95 bits per heavy atom. The van der Waals surface area contributed by atoms with Crippen LogP contribution in [-0.2, 0) is 4.79 Å². The average molecular weight is 289 g/mol. The molecule has 2 heterocycles. The predicted octanol–water partition coefficient (Wildman–Crippen LogP) is 1.44. The van der Waals surface area contributed by atoms with Crippen molar-refractivity contribution >= 4 is 38.9 Å². The van der Waals surface area contributed by atoms with Gasteiger partial charge in [-0.1, -0.05) is 18.2 Å². The van der Waals surface area contributed by atoms with Crippen molar-refractivity contribution in [1.82, 2.24) is 10.2 Å². The second-order valence-corrected chi connectivity index (χ2v) is 5.86. The predicted molar refractivity (Wildman–Crippen MR) is 79.7 cm³/mol. The molecule has 2 amide bonds. The molecule has 3 rings (SSSR count). The average Bonchev–Trinajstić information content (AvgIpc) is 2.79. The Labute approximate surface area is 120 Å². The molecule has 0 bridgehead atoms. The van der Waals surface area contributed by atoms with Crippen LogP contribution in [0, 0.1) is 0 Å². The van der Waals surface area contributed by atoms with Crippen LogP contribution in [0.4, 0.5) is 5.69 Å². The van der Waals surface area contributed by atoms with Gasteiger partial charge in [-0.3, -0.25) is 9.59 Å². The molecule has 1 fully saturated rings. The molecular weight excluding hydrogens is 274 g/mol.